The molecular weight excluding hydrogens is 326 g/mol. The summed E-state index contributed by atoms with van der Waals surface area (Å²) in [7, 11) is 0. The summed E-state index contributed by atoms with van der Waals surface area (Å²) in [6.45, 7) is 4.69. The molecule has 1 amide bonds. The van der Waals surface area contributed by atoms with Crippen LogP contribution >= 0.6 is 0 Å². The average molecular weight is 351 g/mol. The predicted molar refractivity (Wildman–Crippen MR) is 99.5 cm³/mol. The van der Waals surface area contributed by atoms with E-state index in [9.17, 15) is 4.79 Å². The molecule has 6 nitrogen and oxygen atoms in total. The van der Waals surface area contributed by atoms with Crippen molar-refractivity contribution in [2.45, 2.75) is 57.4 Å². The summed E-state index contributed by atoms with van der Waals surface area (Å²) in [4.78, 5) is 15.0. The van der Waals surface area contributed by atoms with Crippen LogP contribution in [0.15, 0.2) is 24.3 Å². The molecule has 1 heterocycles. The summed E-state index contributed by atoms with van der Waals surface area (Å²) in [5, 5.41) is 14.3. The van der Waals surface area contributed by atoms with Gasteiger partial charge in [-0.2, -0.15) is 5.21 Å². The number of hydrogen-bond acceptors (Lipinski definition) is 4. The summed E-state index contributed by atoms with van der Waals surface area (Å²) in [5.74, 6) is 3.35. The first-order valence-electron chi connectivity index (χ1n) is 9.13. The Bertz CT molecular complexity index is 768. The molecule has 0 radical (unpaired) electrons. The quantitative estimate of drug-likeness (QED) is 0.812. The Morgan fingerprint density at radius 1 is 1.31 bits per heavy atom. The van der Waals surface area contributed by atoms with Crippen molar-refractivity contribution in [1.82, 2.24) is 25.5 Å². The first-order valence-corrected chi connectivity index (χ1v) is 9.13. The van der Waals surface area contributed by atoms with Gasteiger partial charge in [0.05, 0.1) is 5.41 Å². The third-order valence-electron chi connectivity index (χ3n) is 5.28. The van der Waals surface area contributed by atoms with Crippen molar-refractivity contribution in [3.8, 4) is 12.3 Å². The van der Waals surface area contributed by atoms with E-state index in [-0.39, 0.29) is 11.3 Å². The molecule has 2 aromatic rings. The van der Waals surface area contributed by atoms with Crippen LogP contribution in [-0.2, 0) is 5.41 Å². The maximum absolute atomic E-state index is 13.0. The zero-order valence-electron chi connectivity index (χ0n) is 15.4. The number of tetrazole rings is 1. The molecule has 136 valence electrons. The van der Waals surface area contributed by atoms with Crippen molar-refractivity contribution in [1.29, 1.82) is 0 Å². The predicted octanol–water partition coefficient (Wildman–Crippen LogP) is 2.93. The van der Waals surface area contributed by atoms with E-state index in [1.165, 1.54) is 12.8 Å². The summed E-state index contributed by atoms with van der Waals surface area (Å²) < 4.78 is 0. The number of rotatable bonds is 6. The SMILES string of the molecule is C#CCCN(C(=O)c1ccc(C(C)(C)c2nn[nH]n2)cc1)C1CCCC1. The Morgan fingerprint density at radius 2 is 2.00 bits per heavy atom. The molecule has 1 aromatic carbocycles. The van der Waals surface area contributed by atoms with Crippen LogP contribution in [0.4, 0.5) is 0 Å². The van der Waals surface area contributed by atoms with Gasteiger partial charge in [0.25, 0.3) is 5.91 Å². The lowest BCUT2D eigenvalue weighted by Crippen LogP contribution is -2.39. The molecular formula is C20H25N5O. The number of benzene rings is 1. The van der Waals surface area contributed by atoms with Crippen LogP contribution in [0.1, 0.15) is 67.7 Å². The highest BCUT2D eigenvalue weighted by atomic mass is 16.2. The Morgan fingerprint density at radius 3 is 2.58 bits per heavy atom. The number of aromatic amines is 1. The zero-order valence-corrected chi connectivity index (χ0v) is 15.4. The summed E-state index contributed by atoms with van der Waals surface area (Å²) in [6, 6.07) is 8.02. The number of nitrogens with one attached hydrogen (secondary N) is 1. The van der Waals surface area contributed by atoms with Gasteiger partial charge in [0.2, 0.25) is 0 Å². The minimum Gasteiger partial charge on any atom is -0.335 e. The van der Waals surface area contributed by atoms with Crippen molar-refractivity contribution >= 4 is 5.91 Å². The first kappa shape index (κ1) is 18.1. The van der Waals surface area contributed by atoms with Crippen molar-refractivity contribution in [2.75, 3.05) is 6.54 Å². The van der Waals surface area contributed by atoms with Crippen LogP contribution in [0.5, 0.6) is 0 Å². The molecule has 3 rings (SSSR count). The Hall–Kier alpha value is -2.68. The molecule has 0 bridgehead atoms. The standard InChI is InChI=1S/C20H25N5O/c1-4-5-14-25(17-8-6-7-9-17)18(26)15-10-12-16(13-11-15)20(2,3)19-21-23-24-22-19/h1,10-13,17H,5-9,14H2,2-3H3,(H,21,22,23,24). The molecule has 1 aliphatic rings. The first-order chi connectivity index (χ1) is 12.5. The second kappa shape index (κ2) is 7.69. The lowest BCUT2D eigenvalue weighted by molar-refractivity contribution is 0.0686. The number of carbonyl (C=O) groups is 1. The van der Waals surface area contributed by atoms with E-state index in [1.54, 1.807) is 0 Å². The molecule has 1 fully saturated rings. The molecule has 26 heavy (non-hydrogen) atoms. The van der Waals surface area contributed by atoms with Crippen molar-refractivity contribution in [3.05, 3.63) is 41.2 Å². The zero-order chi connectivity index (χ0) is 18.6. The molecule has 1 saturated carbocycles. The Kier molecular flexibility index (Phi) is 5.36. The van der Waals surface area contributed by atoms with Crippen LogP contribution in [-0.4, -0.2) is 44.0 Å². The normalized spacial score (nSPS) is 15.0. The molecule has 0 unspecified atom stereocenters. The maximum atomic E-state index is 13.0. The second-order valence-corrected chi connectivity index (χ2v) is 7.33. The number of carbonyl (C=O) groups excluding carboxylic acids is 1. The van der Waals surface area contributed by atoms with E-state index in [0.717, 1.165) is 18.4 Å². The third-order valence-corrected chi connectivity index (χ3v) is 5.28. The van der Waals surface area contributed by atoms with E-state index in [0.29, 0.717) is 30.4 Å². The van der Waals surface area contributed by atoms with Crippen molar-refractivity contribution in [2.24, 2.45) is 0 Å². The average Bonchev–Trinajstić information content (AvgIpc) is 3.36. The molecule has 0 aliphatic heterocycles. The van der Waals surface area contributed by atoms with Crippen LogP contribution in [0.25, 0.3) is 0 Å². The number of amides is 1. The van der Waals surface area contributed by atoms with E-state index in [1.807, 2.05) is 43.0 Å². The number of terminal acetylenes is 1. The lowest BCUT2D eigenvalue weighted by atomic mass is 9.83. The van der Waals surface area contributed by atoms with Crippen molar-refractivity contribution in [3.63, 3.8) is 0 Å². The van der Waals surface area contributed by atoms with Gasteiger partial charge in [-0.25, -0.2) is 0 Å². The monoisotopic (exact) mass is 351 g/mol. The third kappa shape index (κ3) is 3.62. The summed E-state index contributed by atoms with van der Waals surface area (Å²) in [6.07, 6.45) is 10.5. The van der Waals surface area contributed by atoms with Gasteiger partial charge >= 0.3 is 0 Å². The summed E-state index contributed by atoms with van der Waals surface area (Å²) >= 11 is 0. The maximum Gasteiger partial charge on any atom is 0.254 e. The number of aromatic nitrogens is 4. The van der Waals surface area contributed by atoms with Gasteiger partial charge in [0, 0.05) is 24.6 Å². The van der Waals surface area contributed by atoms with Gasteiger partial charge < -0.3 is 4.90 Å². The Balaban J connectivity index is 1.80. The fraction of sp³-hybridized carbons (Fsp3) is 0.500. The number of H-pyrrole nitrogens is 1. The second-order valence-electron chi connectivity index (χ2n) is 7.33. The van der Waals surface area contributed by atoms with E-state index in [2.05, 4.69) is 26.5 Å². The van der Waals surface area contributed by atoms with Crippen LogP contribution < -0.4 is 0 Å². The minimum absolute atomic E-state index is 0.0658. The molecule has 0 spiro atoms. The van der Waals surface area contributed by atoms with Crippen molar-refractivity contribution < 1.29 is 4.79 Å². The van der Waals surface area contributed by atoms with Gasteiger partial charge in [-0.1, -0.05) is 30.2 Å². The lowest BCUT2D eigenvalue weighted by Gasteiger charge is -2.29. The van der Waals surface area contributed by atoms with Gasteiger partial charge in [0.15, 0.2) is 5.82 Å². The highest BCUT2D eigenvalue weighted by molar-refractivity contribution is 5.94. The van der Waals surface area contributed by atoms with E-state index >= 15 is 0 Å². The van der Waals surface area contributed by atoms with Gasteiger partial charge in [-0.05, 0) is 44.4 Å². The van der Waals surface area contributed by atoms with Gasteiger partial charge in [-0.3, -0.25) is 4.79 Å². The minimum atomic E-state index is -0.386. The molecule has 0 atom stereocenters. The molecule has 1 aromatic heterocycles. The smallest absolute Gasteiger partial charge is 0.254 e. The molecule has 0 saturated heterocycles. The number of hydrogen-bond donors (Lipinski definition) is 1. The highest BCUT2D eigenvalue weighted by Crippen LogP contribution is 2.29. The molecule has 1 N–H and O–H groups in total. The topological polar surface area (TPSA) is 74.8 Å². The fourth-order valence-electron chi connectivity index (χ4n) is 3.60. The molecule has 1 aliphatic carbocycles. The largest absolute Gasteiger partial charge is 0.335 e. The summed E-state index contributed by atoms with van der Waals surface area (Å²) in [5.41, 5.74) is 1.34. The highest BCUT2D eigenvalue weighted by Gasteiger charge is 2.29. The van der Waals surface area contributed by atoms with Crippen LogP contribution in [0.2, 0.25) is 0 Å². The van der Waals surface area contributed by atoms with Crippen LogP contribution in [0, 0.1) is 12.3 Å². The van der Waals surface area contributed by atoms with Gasteiger partial charge in [0.1, 0.15) is 0 Å². The number of nitrogens with zero attached hydrogens (tertiary/aromatic N) is 4. The van der Waals surface area contributed by atoms with E-state index in [4.69, 9.17) is 6.42 Å². The van der Waals surface area contributed by atoms with Gasteiger partial charge in [-0.15, -0.1) is 22.5 Å². The molecule has 6 heteroatoms. The van der Waals surface area contributed by atoms with E-state index < -0.39 is 0 Å². The fourth-order valence-corrected chi connectivity index (χ4v) is 3.60. The Labute approximate surface area is 154 Å². The van der Waals surface area contributed by atoms with Crippen LogP contribution in [0.3, 0.4) is 0 Å².